The van der Waals surface area contributed by atoms with E-state index in [-0.39, 0.29) is 72.7 Å². The number of carboxylic acid groups (broad SMARTS) is 1. The van der Waals surface area contributed by atoms with E-state index in [0.717, 1.165) is 0 Å². The molecule has 2 unspecified atom stereocenters. The number of aliphatic hydroxyl groups is 3. The summed E-state index contributed by atoms with van der Waals surface area (Å²) in [4.78, 5) is 95.2. The Balaban J connectivity index is 1.02. The Labute approximate surface area is 338 Å². The lowest BCUT2D eigenvalue weighted by molar-refractivity contribution is -0.164. The number of esters is 3. The van der Waals surface area contributed by atoms with Crippen LogP contribution in [0, 0.1) is 11.8 Å². The van der Waals surface area contributed by atoms with Crippen molar-refractivity contribution in [1.29, 1.82) is 0 Å². The molecule has 25 heteroatoms. The van der Waals surface area contributed by atoms with Gasteiger partial charge in [-0.05, 0) is 32.1 Å². The first-order chi connectivity index (χ1) is 28.6. The molecule has 2 saturated heterocycles. The normalized spacial score (nSPS) is 25.0. The number of aliphatic hydroxyl groups excluding tert-OH is 3. The van der Waals surface area contributed by atoms with Crippen molar-refractivity contribution in [1.82, 2.24) is 39.0 Å². The standard InChI is InChI=1S/C35H46N10O15/c1-3-15(32(53)54)7-5-9-19(47)57-11-17-25(24(50)31(59-17)45-13-39-21-27(45)41-35(37)43-29(21)52)60-33(55)14(2)6-4-8-18(46)56-10-16-22(48)23(49)30(58-16)44-12-38-20-26(44)40-34(36)42-28(20)51/h12-17,22-25,30-31,48-50H,3-11H2,1-2H3,(H,53,54)(H3,36,40,42,51)(H3,37,41,43,52)/t14?,15?,16-,17-,22-,23-,24-,25-,30-,31-/m1/s1. The highest BCUT2D eigenvalue weighted by molar-refractivity contribution is 5.74. The van der Waals surface area contributed by atoms with Crippen LogP contribution in [0.25, 0.3) is 22.3 Å². The Morgan fingerprint density at radius 3 is 1.83 bits per heavy atom. The molecule has 0 amide bonds. The number of hydrogen-bond acceptors (Lipinski definition) is 20. The van der Waals surface area contributed by atoms with Crippen molar-refractivity contribution >= 4 is 58.1 Å². The van der Waals surface area contributed by atoms with Crippen LogP contribution in [0.15, 0.2) is 22.2 Å². The third kappa shape index (κ3) is 9.38. The van der Waals surface area contributed by atoms with E-state index in [1.165, 1.54) is 28.7 Å². The van der Waals surface area contributed by atoms with E-state index < -0.39 is 109 Å². The van der Waals surface area contributed by atoms with E-state index in [2.05, 4.69) is 29.9 Å². The summed E-state index contributed by atoms with van der Waals surface area (Å²) in [5.74, 6) is -4.99. The molecule has 6 heterocycles. The van der Waals surface area contributed by atoms with Crippen LogP contribution in [0.2, 0.25) is 0 Å². The predicted octanol–water partition coefficient (Wildman–Crippen LogP) is -1.62. The maximum atomic E-state index is 13.3. The lowest BCUT2D eigenvalue weighted by Crippen LogP contribution is -2.40. The van der Waals surface area contributed by atoms with Gasteiger partial charge in [-0.3, -0.25) is 47.9 Å². The molecule has 0 bridgehead atoms. The minimum atomic E-state index is -1.59. The van der Waals surface area contributed by atoms with Gasteiger partial charge in [-0.15, -0.1) is 0 Å². The van der Waals surface area contributed by atoms with E-state index in [1.54, 1.807) is 6.92 Å². The number of carbonyl (C=O) groups excluding carboxylic acids is 3. The number of nitrogen functional groups attached to an aromatic ring is 2. The molecular weight excluding hydrogens is 800 g/mol. The fourth-order valence-electron chi connectivity index (χ4n) is 6.99. The first-order valence-electron chi connectivity index (χ1n) is 19.1. The van der Waals surface area contributed by atoms with E-state index >= 15 is 0 Å². The minimum Gasteiger partial charge on any atom is -0.481 e. The SMILES string of the molecule is CCC(CCCC(=O)OC[C@H]1O[C@@H](n2cnc3c(=O)[nH]c(N)nc32)[C@H](O)[C@@H]1OC(=O)C(C)CCCC(=O)OC[C@H]1O[C@@H](n2cnc3c(=O)[nH]c(N)nc32)[C@H](O)[C@@H]1O)C(=O)O. The third-order valence-corrected chi connectivity index (χ3v) is 10.4. The molecule has 10 N–H and O–H groups in total. The van der Waals surface area contributed by atoms with Crippen LogP contribution in [0.3, 0.4) is 0 Å². The van der Waals surface area contributed by atoms with Crippen LogP contribution in [0.5, 0.6) is 0 Å². The van der Waals surface area contributed by atoms with Gasteiger partial charge in [0.05, 0.1) is 24.5 Å². The largest absolute Gasteiger partial charge is 0.481 e. The van der Waals surface area contributed by atoms with Gasteiger partial charge >= 0.3 is 23.9 Å². The topological polar surface area (TPSA) is 375 Å². The summed E-state index contributed by atoms with van der Waals surface area (Å²) in [7, 11) is 0. The number of carboxylic acids is 1. The second-order valence-electron chi connectivity index (χ2n) is 14.5. The number of imidazole rings is 2. The van der Waals surface area contributed by atoms with Gasteiger partial charge in [-0.25, -0.2) is 9.97 Å². The summed E-state index contributed by atoms with van der Waals surface area (Å²) < 4.78 is 30.6. The molecule has 326 valence electrons. The molecule has 2 fully saturated rings. The Morgan fingerprint density at radius 1 is 0.800 bits per heavy atom. The van der Waals surface area contributed by atoms with Gasteiger partial charge in [0.15, 0.2) is 40.9 Å². The van der Waals surface area contributed by atoms with Gasteiger partial charge in [0.2, 0.25) is 11.9 Å². The fraction of sp³-hybridized carbons (Fsp3) is 0.600. The lowest BCUT2D eigenvalue weighted by atomic mass is 10.00. The summed E-state index contributed by atoms with van der Waals surface area (Å²) in [5, 5.41) is 42.0. The molecule has 0 saturated carbocycles. The summed E-state index contributed by atoms with van der Waals surface area (Å²) in [5.41, 5.74) is 9.88. The number of anilines is 2. The molecule has 2 aliphatic heterocycles. The second-order valence-corrected chi connectivity index (χ2v) is 14.5. The maximum absolute atomic E-state index is 13.3. The van der Waals surface area contributed by atoms with Crippen molar-refractivity contribution in [2.75, 3.05) is 24.7 Å². The molecule has 6 rings (SSSR count). The molecule has 4 aromatic rings. The van der Waals surface area contributed by atoms with Crippen molar-refractivity contribution in [3.05, 3.63) is 33.4 Å². The molecule has 25 nitrogen and oxygen atoms in total. The van der Waals surface area contributed by atoms with E-state index in [0.29, 0.717) is 6.42 Å². The van der Waals surface area contributed by atoms with Crippen LogP contribution in [-0.4, -0.2) is 133 Å². The van der Waals surface area contributed by atoms with Crippen LogP contribution in [0.1, 0.15) is 71.2 Å². The first kappa shape index (κ1) is 43.6. The number of carbonyl (C=O) groups is 4. The number of H-pyrrole nitrogens is 2. The van der Waals surface area contributed by atoms with Gasteiger partial charge in [0, 0.05) is 12.8 Å². The highest BCUT2D eigenvalue weighted by Crippen LogP contribution is 2.35. The fourth-order valence-corrected chi connectivity index (χ4v) is 6.99. The van der Waals surface area contributed by atoms with E-state index in [1.807, 2.05) is 0 Å². The quantitative estimate of drug-likeness (QED) is 0.0412. The Bertz CT molecular complexity index is 2330. The third-order valence-electron chi connectivity index (χ3n) is 10.4. The van der Waals surface area contributed by atoms with Crippen LogP contribution in [0.4, 0.5) is 11.9 Å². The molecule has 60 heavy (non-hydrogen) atoms. The second kappa shape index (κ2) is 18.5. The maximum Gasteiger partial charge on any atom is 0.309 e. The number of aromatic nitrogens is 8. The Morgan fingerprint density at radius 2 is 1.30 bits per heavy atom. The number of ether oxygens (including phenoxy) is 5. The van der Waals surface area contributed by atoms with Gasteiger partial charge in [-0.1, -0.05) is 13.8 Å². The number of fused-ring (bicyclic) bond motifs is 2. The number of nitrogens with two attached hydrogens (primary N) is 2. The molecule has 4 aromatic heterocycles. The Hall–Kier alpha value is -6.02. The summed E-state index contributed by atoms with van der Waals surface area (Å²) in [6, 6.07) is 0. The van der Waals surface area contributed by atoms with E-state index in [9.17, 15) is 49.2 Å². The zero-order valence-corrected chi connectivity index (χ0v) is 32.4. The smallest absolute Gasteiger partial charge is 0.309 e. The molecule has 0 aliphatic carbocycles. The van der Waals surface area contributed by atoms with E-state index in [4.69, 9.17) is 35.2 Å². The number of aromatic amines is 2. The monoisotopic (exact) mass is 846 g/mol. The lowest BCUT2D eigenvalue weighted by Gasteiger charge is -2.22. The highest BCUT2D eigenvalue weighted by atomic mass is 16.6. The molecule has 0 radical (unpaired) electrons. The summed E-state index contributed by atoms with van der Waals surface area (Å²) in [6.45, 7) is 2.36. The first-order valence-corrected chi connectivity index (χ1v) is 19.1. The van der Waals surface area contributed by atoms with Crippen LogP contribution in [-0.2, 0) is 42.9 Å². The summed E-state index contributed by atoms with van der Waals surface area (Å²) >= 11 is 0. The highest BCUT2D eigenvalue weighted by Gasteiger charge is 2.49. The number of rotatable bonds is 18. The minimum absolute atomic E-state index is 0.00543. The van der Waals surface area contributed by atoms with Crippen molar-refractivity contribution in [2.24, 2.45) is 11.8 Å². The predicted molar refractivity (Wildman–Crippen MR) is 201 cm³/mol. The number of nitrogens with zero attached hydrogens (tertiary/aromatic N) is 6. The zero-order chi connectivity index (χ0) is 43.4. The van der Waals surface area contributed by atoms with Crippen LogP contribution >= 0.6 is 0 Å². The average Bonchev–Trinajstić information content (AvgIpc) is 3.96. The van der Waals surface area contributed by atoms with Gasteiger partial charge in [-0.2, -0.15) is 9.97 Å². The summed E-state index contributed by atoms with van der Waals surface area (Å²) in [6.07, 6.45) is -7.62. The van der Waals surface area contributed by atoms with Crippen molar-refractivity contribution in [2.45, 2.75) is 108 Å². The van der Waals surface area contributed by atoms with Crippen molar-refractivity contribution in [3.63, 3.8) is 0 Å². The molecular formula is C35H46N10O15. The molecule has 0 aromatic carbocycles. The number of aliphatic carboxylic acids is 1. The molecule has 0 spiro atoms. The van der Waals surface area contributed by atoms with Gasteiger partial charge in [0.1, 0.15) is 43.7 Å². The van der Waals surface area contributed by atoms with Crippen molar-refractivity contribution in [3.8, 4) is 0 Å². The molecule has 2 aliphatic rings. The molecule has 10 atom stereocenters. The van der Waals surface area contributed by atoms with Gasteiger partial charge < -0.3 is 55.6 Å². The van der Waals surface area contributed by atoms with Gasteiger partial charge in [0.25, 0.3) is 11.1 Å². The number of nitrogens with one attached hydrogen (secondary N) is 2. The van der Waals surface area contributed by atoms with Crippen molar-refractivity contribution < 1.29 is 63.3 Å². The number of hydrogen-bond donors (Lipinski definition) is 8. The zero-order valence-electron chi connectivity index (χ0n) is 32.4. The van der Waals surface area contributed by atoms with Crippen LogP contribution < -0.4 is 22.6 Å². The Kier molecular flexibility index (Phi) is 13.4. The average molecular weight is 847 g/mol.